The summed E-state index contributed by atoms with van der Waals surface area (Å²) < 4.78 is 0. The third-order valence-electron chi connectivity index (χ3n) is 4.14. The monoisotopic (exact) mass is 276 g/mol. The highest BCUT2D eigenvalue weighted by atomic mass is 35.5. The number of aliphatic hydroxyl groups excluding tert-OH is 1. The number of carbonyl (C=O) groups is 1. The van der Waals surface area contributed by atoms with Crippen molar-refractivity contribution in [3.63, 3.8) is 0 Å². The summed E-state index contributed by atoms with van der Waals surface area (Å²) in [5.74, 6) is 0.645. The molecule has 0 radical (unpaired) electrons. The first-order valence-corrected chi connectivity index (χ1v) is 6.88. The largest absolute Gasteiger partial charge is 0.393 e. The summed E-state index contributed by atoms with van der Waals surface area (Å²) in [7, 11) is 0. The molecule has 2 heterocycles. The molecule has 4 nitrogen and oxygen atoms in total. The van der Waals surface area contributed by atoms with Gasteiger partial charge in [-0.1, -0.05) is 6.42 Å². The summed E-state index contributed by atoms with van der Waals surface area (Å²) >= 11 is 0. The zero-order chi connectivity index (χ0) is 12.3. The van der Waals surface area contributed by atoms with Crippen LogP contribution in [-0.2, 0) is 4.79 Å². The van der Waals surface area contributed by atoms with Crippen LogP contribution < -0.4 is 5.32 Å². The van der Waals surface area contributed by atoms with Crippen LogP contribution in [0.1, 0.15) is 39.0 Å². The van der Waals surface area contributed by atoms with Crippen molar-refractivity contribution in [3.8, 4) is 0 Å². The summed E-state index contributed by atoms with van der Waals surface area (Å²) in [6.07, 6.45) is 4.98. The molecule has 0 bridgehead atoms. The smallest absolute Gasteiger partial charge is 0.239 e. The molecule has 2 atom stereocenters. The van der Waals surface area contributed by atoms with E-state index in [0.29, 0.717) is 5.92 Å². The topological polar surface area (TPSA) is 52.6 Å². The molecule has 2 N–H and O–H groups in total. The summed E-state index contributed by atoms with van der Waals surface area (Å²) in [6.45, 7) is 4.45. The average Bonchev–Trinajstić information content (AvgIpc) is 2.39. The minimum atomic E-state index is -0.236. The van der Waals surface area contributed by atoms with E-state index in [4.69, 9.17) is 0 Å². The van der Waals surface area contributed by atoms with Crippen molar-refractivity contribution >= 4 is 18.3 Å². The van der Waals surface area contributed by atoms with Gasteiger partial charge in [0, 0.05) is 13.1 Å². The van der Waals surface area contributed by atoms with Gasteiger partial charge in [-0.2, -0.15) is 0 Å². The van der Waals surface area contributed by atoms with Crippen molar-refractivity contribution in [1.29, 1.82) is 0 Å². The number of nitrogens with one attached hydrogen (secondary N) is 1. The van der Waals surface area contributed by atoms with Crippen LogP contribution >= 0.6 is 12.4 Å². The fraction of sp³-hybridized carbons (Fsp3) is 0.923. The highest BCUT2D eigenvalue weighted by molar-refractivity contribution is 5.85. The second kappa shape index (κ2) is 7.31. The van der Waals surface area contributed by atoms with E-state index in [-0.39, 0.29) is 30.5 Å². The van der Waals surface area contributed by atoms with Crippen molar-refractivity contribution in [2.45, 2.75) is 51.2 Å². The Bertz CT molecular complexity index is 260. The summed E-state index contributed by atoms with van der Waals surface area (Å²) in [4.78, 5) is 14.2. The van der Waals surface area contributed by atoms with Crippen LogP contribution in [0.15, 0.2) is 0 Å². The van der Waals surface area contributed by atoms with E-state index < -0.39 is 0 Å². The third-order valence-corrected chi connectivity index (χ3v) is 4.14. The van der Waals surface area contributed by atoms with Gasteiger partial charge in [0.25, 0.3) is 0 Å². The number of piperidine rings is 2. The van der Waals surface area contributed by atoms with E-state index in [2.05, 4.69) is 5.32 Å². The molecule has 2 fully saturated rings. The molecule has 2 saturated heterocycles. The number of carbonyl (C=O) groups excluding carboxylic acids is 1. The molecule has 5 heteroatoms. The van der Waals surface area contributed by atoms with Crippen LogP contribution in [0.25, 0.3) is 0 Å². The maximum atomic E-state index is 12.2. The highest BCUT2D eigenvalue weighted by Gasteiger charge is 2.29. The standard InChI is InChI=1S/C13H24N2O2.ClH/c1-10(16)11-5-8-15(9-6-11)13(17)12-4-2-3-7-14-12;/h10-12,14,16H,2-9H2,1H3;1H. The normalized spacial score (nSPS) is 27.4. The Kier molecular flexibility index (Phi) is 6.39. The Morgan fingerprint density at radius 2 is 1.94 bits per heavy atom. The highest BCUT2D eigenvalue weighted by Crippen LogP contribution is 2.21. The molecule has 1 amide bonds. The van der Waals surface area contributed by atoms with Gasteiger partial charge in [-0.15, -0.1) is 12.4 Å². The van der Waals surface area contributed by atoms with Gasteiger partial charge in [-0.3, -0.25) is 4.79 Å². The SMILES string of the molecule is CC(O)C1CCN(C(=O)C2CCCCN2)CC1.Cl. The Balaban J connectivity index is 0.00000162. The third kappa shape index (κ3) is 3.84. The minimum absolute atomic E-state index is 0. The number of likely N-dealkylation sites (tertiary alicyclic amines) is 1. The zero-order valence-electron chi connectivity index (χ0n) is 11.1. The van der Waals surface area contributed by atoms with E-state index in [1.165, 1.54) is 6.42 Å². The summed E-state index contributed by atoms with van der Waals surface area (Å²) in [5.41, 5.74) is 0. The second-order valence-electron chi connectivity index (χ2n) is 5.41. The van der Waals surface area contributed by atoms with Crippen molar-refractivity contribution < 1.29 is 9.90 Å². The molecular weight excluding hydrogens is 252 g/mol. The predicted molar refractivity (Wildman–Crippen MR) is 73.9 cm³/mol. The first kappa shape index (κ1) is 15.7. The number of rotatable bonds is 2. The van der Waals surface area contributed by atoms with E-state index >= 15 is 0 Å². The first-order valence-electron chi connectivity index (χ1n) is 6.88. The quantitative estimate of drug-likeness (QED) is 0.796. The van der Waals surface area contributed by atoms with Gasteiger partial charge < -0.3 is 15.3 Å². The molecule has 2 aliphatic heterocycles. The Hall–Kier alpha value is -0.320. The molecular formula is C13H25ClN2O2. The molecule has 2 unspecified atom stereocenters. The maximum absolute atomic E-state index is 12.2. The van der Waals surface area contributed by atoms with Crippen LogP contribution in [-0.4, -0.2) is 47.7 Å². The van der Waals surface area contributed by atoms with Crippen molar-refractivity contribution in [2.75, 3.05) is 19.6 Å². The van der Waals surface area contributed by atoms with Gasteiger partial charge in [0.15, 0.2) is 0 Å². The Morgan fingerprint density at radius 3 is 2.44 bits per heavy atom. The molecule has 106 valence electrons. The summed E-state index contributed by atoms with van der Waals surface area (Å²) in [6, 6.07) is 0.0480. The van der Waals surface area contributed by atoms with Gasteiger partial charge in [0.1, 0.15) is 0 Å². The number of halogens is 1. The van der Waals surface area contributed by atoms with E-state index in [1.807, 2.05) is 11.8 Å². The fourth-order valence-corrected chi connectivity index (χ4v) is 2.89. The Morgan fingerprint density at radius 1 is 1.28 bits per heavy atom. The van der Waals surface area contributed by atoms with Crippen LogP contribution in [0.2, 0.25) is 0 Å². The predicted octanol–water partition coefficient (Wildman–Crippen LogP) is 1.17. The second-order valence-corrected chi connectivity index (χ2v) is 5.41. The molecule has 0 saturated carbocycles. The maximum Gasteiger partial charge on any atom is 0.239 e. The molecule has 0 aromatic heterocycles. The van der Waals surface area contributed by atoms with Gasteiger partial charge in [-0.25, -0.2) is 0 Å². The number of amides is 1. The lowest BCUT2D eigenvalue weighted by Crippen LogP contribution is -2.51. The molecule has 0 spiro atoms. The molecule has 0 aliphatic carbocycles. The first-order chi connectivity index (χ1) is 8.18. The lowest BCUT2D eigenvalue weighted by molar-refractivity contribution is -0.136. The molecule has 0 aromatic rings. The van der Waals surface area contributed by atoms with Crippen LogP contribution in [0.5, 0.6) is 0 Å². The number of nitrogens with zero attached hydrogens (tertiary/aromatic N) is 1. The van der Waals surface area contributed by atoms with Gasteiger partial charge in [0.2, 0.25) is 5.91 Å². The van der Waals surface area contributed by atoms with Crippen LogP contribution in [0, 0.1) is 5.92 Å². The number of hydrogen-bond acceptors (Lipinski definition) is 3. The van der Waals surface area contributed by atoms with Crippen LogP contribution in [0.4, 0.5) is 0 Å². The average molecular weight is 277 g/mol. The van der Waals surface area contributed by atoms with E-state index in [1.54, 1.807) is 0 Å². The van der Waals surface area contributed by atoms with Crippen molar-refractivity contribution in [3.05, 3.63) is 0 Å². The van der Waals surface area contributed by atoms with Gasteiger partial charge >= 0.3 is 0 Å². The minimum Gasteiger partial charge on any atom is -0.393 e. The van der Waals surface area contributed by atoms with Crippen LogP contribution in [0.3, 0.4) is 0 Å². The van der Waals surface area contributed by atoms with Gasteiger partial charge in [0.05, 0.1) is 12.1 Å². The number of hydrogen-bond donors (Lipinski definition) is 2. The zero-order valence-corrected chi connectivity index (χ0v) is 11.9. The van der Waals surface area contributed by atoms with Crippen molar-refractivity contribution in [2.24, 2.45) is 5.92 Å². The molecule has 2 aliphatic rings. The Labute approximate surface area is 116 Å². The van der Waals surface area contributed by atoms with Gasteiger partial charge in [-0.05, 0) is 45.1 Å². The van der Waals surface area contributed by atoms with E-state index in [9.17, 15) is 9.90 Å². The van der Waals surface area contributed by atoms with E-state index in [0.717, 1.165) is 45.3 Å². The lowest BCUT2D eigenvalue weighted by Gasteiger charge is -2.36. The molecule has 0 aromatic carbocycles. The number of aliphatic hydroxyl groups is 1. The molecule has 2 rings (SSSR count). The fourth-order valence-electron chi connectivity index (χ4n) is 2.89. The van der Waals surface area contributed by atoms with Crippen molar-refractivity contribution in [1.82, 2.24) is 10.2 Å². The lowest BCUT2D eigenvalue weighted by atomic mass is 9.91. The molecule has 18 heavy (non-hydrogen) atoms. The summed E-state index contributed by atoms with van der Waals surface area (Å²) in [5, 5.41) is 12.8.